The number of hydrogen-bond donors (Lipinski definition) is 0. The van der Waals surface area contributed by atoms with Gasteiger partial charge >= 0.3 is 0 Å². The summed E-state index contributed by atoms with van der Waals surface area (Å²) >= 11 is 8.37. The van der Waals surface area contributed by atoms with Crippen LogP contribution in [0.3, 0.4) is 0 Å². The number of alkyl halides is 2. The zero-order valence-electron chi connectivity index (χ0n) is 13.0. The van der Waals surface area contributed by atoms with Crippen molar-refractivity contribution in [1.29, 1.82) is 0 Å². The van der Waals surface area contributed by atoms with E-state index in [0.717, 1.165) is 0 Å². The van der Waals surface area contributed by atoms with E-state index in [1.54, 1.807) is 0 Å². The normalized spacial score (nSPS) is 9.52. The molecule has 0 aliphatic rings. The van der Waals surface area contributed by atoms with Crippen LogP contribution in [-0.2, 0) is 4.79 Å². The van der Waals surface area contributed by atoms with Gasteiger partial charge in [-0.25, -0.2) is 26.3 Å². The Morgan fingerprint density at radius 3 is 1.22 bits per heavy atom. The van der Waals surface area contributed by atoms with Crippen LogP contribution in [0.1, 0.15) is 10.4 Å². The third kappa shape index (κ3) is 10.6. The maximum Gasteiger partial charge on any atom is 0.208 e. The number of carbonyl (C=O) groups is 2. The van der Waals surface area contributed by atoms with E-state index < -0.39 is 46.3 Å². The number of halogens is 9. The van der Waals surface area contributed by atoms with Crippen molar-refractivity contribution in [3.8, 4) is 0 Å². The molecule has 0 aliphatic carbocycles. The zero-order valence-corrected chi connectivity index (χ0v) is 17.8. The first-order valence-corrected chi connectivity index (χ1v) is 9.65. The predicted molar refractivity (Wildman–Crippen MR) is 98.5 cm³/mol. The van der Waals surface area contributed by atoms with Gasteiger partial charge in [0.25, 0.3) is 0 Å². The van der Waals surface area contributed by atoms with Gasteiger partial charge in [0.1, 0.15) is 34.9 Å². The minimum Gasteiger partial charge on any atom is -0.293 e. The molecule has 0 amide bonds. The molecule has 11 heteroatoms. The summed E-state index contributed by atoms with van der Waals surface area (Å²) in [4.78, 5) is 20.6. The fourth-order valence-electron chi connectivity index (χ4n) is 1.40. The molecule has 0 saturated carbocycles. The van der Waals surface area contributed by atoms with Crippen LogP contribution in [-0.4, -0.2) is 21.1 Å². The molecule has 0 spiro atoms. The van der Waals surface area contributed by atoms with Gasteiger partial charge in [-0.15, -0.1) is 0 Å². The summed E-state index contributed by atoms with van der Waals surface area (Å²) in [7, 11) is 0. The maximum atomic E-state index is 12.8. The molecule has 2 aromatic rings. The van der Waals surface area contributed by atoms with Crippen LogP contribution < -0.4 is 0 Å². The highest BCUT2D eigenvalue weighted by Gasteiger charge is 2.17. The lowest BCUT2D eigenvalue weighted by atomic mass is 10.1. The van der Waals surface area contributed by atoms with Crippen LogP contribution in [0, 0.1) is 34.9 Å². The number of benzene rings is 2. The first kappa shape index (κ1) is 25.8. The molecule has 2 rings (SSSR count). The van der Waals surface area contributed by atoms with E-state index in [9.17, 15) is 35.9 Å². The minimum atomic E-state index is -1.18. The zero-order chi connectivity index (χ0) is 21.1. The molecule has 27 heavy (non-hydrogen) atoms. The molecule has 0 N–H and O–H groups in total. The van der Waals surface area contributed by atoms with Crippen molar-refractivity contribution in [1.82, 2.24) is 0 Å². The number of Topliss-reactive ketones (excluding diaryl/α,β-unsaturated/α-hetero) is 1. The molecule has 2 nitrogen and oxygen atoms in total. The molecule has 0 unspecified atom stereocenters. The van der Waals surface area contributed by atoms with Gasteiger partial charge in [-0.3, -0.25) is 9.59 Å². The first-order chi connectivity index (χ1) is 12.5. The van der Waals surface area contributed by atoms with Crippen molar-refractivity contribution in [3.63, 3.8) is 0 Å². The highest BCUT2D eigenvalue weighted by Crippen LogP contribution is 2.15. The van der Waals surface area contributed by atoms with Crippen molar-refractivity contribution in [2.24, 2.45) is 0 Å². The summed E-state index contributed by atoms with van der Waals surface area (Å²) in [6, 6.07) is 2.78. The topological polar surface area (TPSA) is 34.1 Å². The van der Waals surface area contributed by atoms with Gasteiger partial charge < -0.3 is 0 Å². The first-order valence-electron chi connectivity index (χ1n) is 6.61. The minimum absolute atomic E-state index is 0.0162. The summed E-state index contributed by atoms with van der Waals surface area (Å²) in [6.45, 7) is 0. The van der Waals surface area contributed by atoms with Gasteiger partial charge in [-0.2, -0.15) is 0 Å². The van der Waals surface area contributed by atoms with Crippen LogP contribution >= 0.6 is 47.8 Å². The maximum absolute atomic E-state index is 12.8. The van der Waals surface area contributed by atoms with E-state index in [4.69, 9.17) is 0 Å². The van der Waals surface area contributed by atoms with Crippen molar-refractivity contribution in [2.45, 2.75) is 0 Å². The van der Waals surface area contributed by atoms with Gasteiger partial charge in [0.05, 0.1) is 16.2 Å². The Hall–Kier alpha value is -1.20. The number of carbonyl (C=O) groups excluding carboxylic acids is 2. The number of rotatable bonds is 3. The van der Waals surface area contributed by atoms with Crippen LogP contribution in [0.4, 0.5) is 26.3 Å². The van der Waals surface area contributed by atoms with E-state index in [0.29, 0.717) is 35.7 Å². The Morgan fingerprint density at radius 1 is 0.667 bits per heavy atom. The molecule has 0 heterocycles. The highest BCUT2D eigenvalue weighted by molar-refractivity contribution is 9.19. The Balaban J connectivity index is 0.000000419. The van der Waals surface area contributed by atoms with Crippen LogP contribution in [0.25, 0.3) is 0 Å². The number of ketones is 1. The molecule has 2 aromatic carbocycles. The summed E-state index contributed by atoms with van der Waals surface area (Å²) in [5, 5.41) is 0.194. The Bertz CT molecular complexity index is 728. The monoisotopic (exact) mass is 584 g/mol. The van der Waals surface area contributed by atoms with Crippen molar-refractivity contribution >= 4 is 58.3 Å². The van der Waals surface area contributed by atoms with Crippen molar-refractivity contribution in [3.05, 3.63) is 70.8 Å². The summed E-state index contributed by atoms with van der Waals surface area (Å²) < 4.78 is 73.9. The molecule has 0 bridgehead atoms. The highest BCUT2D eigenvalue weighted by atomic mass is 79.9. The van der Waals surface area contributed by atoms with Gasteiger partial charge in [0.2, 0.25) is 4.69 Å². The van der Waals surface area contributed by atoms with Crippen LogP contribution in [0.5, 0.6) is 0 Å². The second kappa shape index (κ2) is 13.1. The number of hydrogen-bond acceptors (Lipinski definition) is 2. The second-order valence-electron chi connectivity index (χ2n) is 4.38. The van der Waals surface area contributed by atoms with Crippen LogP contribution in [0.15, 0.2) is 30.3 Å². The standard InChI is InChI=1S/C8H4BrF3O.C6H3F3.C2H2Br2O/c9-3-7(13)8-5(11)1-4(10)2-6(8)12;7-4-1-5(8)3-6(9)2-4;3-1-2(4)5/h1-2H,3H2;1-3H;1H2. The molecule has 0 aromatic heterocycles. The predicted octanol–water partition coefficient (Wildman–Crippen LogP) is 6.09. The lowest BCUT2D eigenvalue weighted by molar-refractivity contribution is -0.108. The molecular weight excluding hydrogens is 578 g/mol. The largest absolute Gasteiger partial charge is 0.293 e. The van der Waals surface area contributed by atoms with E-state index in [1.807, 2.05) is 0 Å². The van der Waals surface area contributed by atoms with Gasteiger partial charge in [-0.05, 0) is 15.9 Å². The SMILES string of the molecule is Fc1cc(F)cc(F)c1.O=C(Br)CBr.O=C(CBr)c1c(F)cc(F)cc1F. The van der Waals surface area contributed by atoms with Gasteiger partial charge in [0, 0.05) is 30.3 Å². The summed E-state index contributed by atoms with van der Waals surface area (Å²) in [5.41, 5.74) is -0.710. The molecule has 0 radical (unpaired) electrons. The van der Waals surface area contributed by atoms with Crippen molar-refractivity contribution < 1.29 is 35.9 Å². The Morgan fingerprint density at radius 2 is 0.963 bits per heavy atom. The lowest BCUT2D eigenvalue weighted by Gasteiger charge is -2.01. The van der Waals surface area contributed by atoms with E-state index in [2.05, 4.69) is 47.8 Å². The molecule has 0 aliphatic heterocycles. The summed E-state index contributed by atoms with van der Waals surface area (Å²) in [5.74, 6) is -6.84. The van der Waals surface area contributed by atoms with Crippen molar-refractivity contribution in [2.75, 3.05) is 10.7 Å². The average Bonchev–Trinajstić information content (AvgIpc) is 2.53. The lowest BCUT2D eigenvalue weighted by Crippen LogP contribution is -2.07. The second-order valence-corrected chi connectivity index (χ2v) is 6.38. The molecular formula is C16H9Br3F6O2. The molecule has 0 fully saturated rings. The van der Waals surface area contributed by atoms with Gasteiger partial charge in [0.15, 0.2) is 5.78 Å². The molecule has 0 saturated heterocycles. The fraction of sp³-hybridized carbons (Fsp3) is 0.125. The van der Waals surface area contributed by atoms with E-state index >= 15 is 0 Å². The fourth-order valence-corrected chi connectivity index (χ4v) is 1.68. The molecule has 148 valence electrons. The van der Waals surface area contributed by atoms with Crippen LogP contribution in [0.2, 0.25) is 0 Å². The third-order valence-corrected chi connectivity index (χ3v) is 4.39. The Kier molecular flexibility index (Phi) is 12.5. The van der Waals surface area contributed by atoms with Gasteiger partial charge in [-0.1, -0.05) is 31.9 Å². The average molecular weight is 587 g/mol. The van der Waals surface area contributed by atoms with E-state index in [-0.39, 0.29) is 10.0 Å². The summed E-state index contributed by atoms with van der Waals surface area (Å²) in [6.07, 6.45) is 0. The quantitative estimate of drug-likeness (QED) is 0.189. The smallest absolute Gasteiger partial charge is 0.208 e. The molecule has 0 atom stereocenters. The van der Waals surface area contributed by atoms with E-state index in [1.165, 1.54) is 0 Å². The third-order valence-electron chi connectivity index (χ3n) is 2.34. The Labute approximate surface area is 175 Å².